The van der Waals surface area contributed by atoms with Crippen LogP contribution in [0.2, 0.25) is 0 Å². The van der Waals surface area contributed by atoms with Gasteiger partial charge in [-0.05, 0) is 45.0 Å². The highest BCUT2D eigenvalue weighted by molar-refractivity contribution is 5.95. The van der Waals surface area contributed by atoms with E-state index in [1.807, 2.05) is 20.8 Å². The summed E-state index contributed by atoms with van der Waals surface area (Å²) in [5.74, 6) is -0.508. The number of primary amides is 1. The van der Waals surface area contributed by atoms with Crippen LogP contribution in [-0.4, -0.2) is 17.4 Å². The van der Waals surface area contributed by atoms with E-state index in [0.717, 1.165) is 5.69 Å². The SMILES string of the molecule is CC(=O)N(c1ccc(C(N)=O)cc1)C(C)(C)C. The van der Waals surface area contributed by atoms with Crippen LogP contribution >= 0.6 is 0 Å². The summed E-state index contributed by atoms with van der Waals surface area (Å²) < 4.78 is 0. The summed E-state index contributed by atoms with van der Waals surface area (Å²) in [7, 11) is 0. The van der Waals surface area contributed by atoms with Crippen LogP contribution in [0.4, 0.5) is 5.69 Å². The van der Waals surface area contributed by atoms with Gasteiger partial charge in [0.05, 0.1) is 0 Å². The van der Waals surface area contributed by atoms with E-state index in [2.05, 4.69) is 0 Å². The van der Waals surface area contributed by atoms with E-state index in [0.29, 0.717) is 5.56 Å². The van der Waals surface area contributed by atoms with Crippen LogP contribution < -0.4 is 10.6 Å². The van der Waals surface area contributed by atoms with Gasteiger partial charge in [0.2, 0.25) is 11.8 Å². The molecule has 4 nitrogen and oxygen atoms in total. The zero-order chi connectivity index (χ0) is 13.2. The normalized spacial score (nSPS) is 11.1. The second-order valence-corrected chi connectivity index (χ2v) is 4.94. The van der Waals surface area contributed by atoms with Crippen molar-refractivity contribution in [3.63, 3.8) is 0 Å². The molecule has 0 saturated heterocycles. The summed E-state index contributed by atoms with van der Waals surface area (Å²) in [6.07, 6.45) is 0. The number of carbonyl (C=O) groups excluding carboxylic acids is 2. The molecular weight excluding hydrogens is 216 g/mol. The highest BCUT2D eigenvalue weighted by atomic mass is 16.2. The number of rotatable bonds is 2. The number of carbonyl (C=O) groups is 2. The molecule has 0 saturated carbocycles. The Morgan fingerprint density at radius 2 is 1.59 bits per heavy atom. The van der Waals surface area contributed by atoms with Gasteiger partial charge in [-0.2, -0.15) is 0 Å². The van der Waals surface area contributed by atoms with Crippen LogP contribution in [0.25, 0.3) is 0 Å². The number of hydrogen-bond acceptors (Lipinski definition) is 2. The molecule has 0 spiro atoms. The van der Waals surface area contributed by atoms with Crippen LogP contribution in [0.3, 0.4) is 0 Å². The number of amides is 2. The minimum Gasteiger partial charge on any atom is -0.366 e. The summed E-state index contributed by atoms with van der Waals surface area (Å²) in [6, 6.07) is 6.71. The summed E-state index contributed by atoms with van der Waals surface area (Å²) >= 11 is 0. The van der Waals surface area contributed by atoms with Crippen molar-refractivity contribution in [2.24, 2.45) is 5.73 Å². The maximum absolute atomic E-state index is 11.6. The molecule has 0 bridgehead atoms. The molecule has 2 N–H and O–H groups in total. The van der Waals surface area contributed by atoms with Gasteiger partial charge in [-0.3, -0.25) is 9.59 Å². The van der Waals surface area contributed by atoms with Crippen LogP contribution in [-0.2, 0) is 4.79 Å². The van der Waals surface area contributed by atoms with E-state index >= 15 is 0 Å². The molecule has 1 aromatic rings. The fourth-order valence-corrected chi connectivity index (χ4v) is 1.82. The summed E-state index contributed by atoms with van der Waals surface area (Å²) in [5.41, 5.74) is 6.06. The lowest BCUT2D eigenvalue weighted by atomic mass is 10.0. The smallest absolute Gasteiger partial charge is 0.248 e. The summed E-state index contributed by atoms with van der Waals surface area (Å²) in [4.78, 5) is 24.3. The van der Waals surface area contributed by atoms with E-state index in [4.69, 9.17) is 5.73 Å². The van der Waals surface area contributed by atoms with Gasteiger partial charge < -0.3 is 10.6 Å². The highest BCUT2D eigenvalue weighted by Crippen LogP contribution is 2.24. The molecule has 0 fully saturated rings. The van der Waals surface area contributed by atoms with E-state index < -0.39 is 5.91 Å². The highest BCUT2D eigenvalue weighted by Gasteiger charge is 2.25. The number of benzene rings is 1. The van der Waals surface area contributed by atoms with Crippen molar-refractivity contribution < 1.29 is 9.59 Å². The van der Waals surface area contributed by atoms with Gasteiger partial charge >= 0.3 is 0 Å². The Hall–Kier alpha value is -1.84. The van der Waals surface area contributed by atoms with Crippen LogP contribution in [0.1, 0.15) is 38.1 Å². The first-order chi connectivity index (χ1) is 7.73. The lowest BCUT2D eigenvalue weighted by molar-refractivity contribution is -0.117. The molecule has 1 aromatic carbocycles. The van der Waals surface area contributed by atoms with Gasteiger partial charge in [0, 0.05) is 23.7 Å². The topological polar surface area (TPSA) is 63.4 Å². The van der Waals surface area contributed by atoms with Crippen molar-refractivity contribution in [1.82, 2.24) is 0 Å². The maximum atomic E-state index is 11.6. The monoisotopic (exact) mass is 234 g/mol. The first kappa shape index (κ1) is 13.2. The van der Waals surface area contributed by atoms with E-state index in [-0.39, 0.29) is 11.4 Å². The molecule has 0 atom stereocenters. The third kappa shape index (κ3) is 3.06. The van der Waals surface area contributed by atoms with Crippen LogP contribution in [0.5, 0.6) is 0 Å². The first-order valence-corrected chi connectivity index (χ1v) is 5.44. The van der Waals surface area contributed by atoms with Crippen molar-refractivity contribution in [2.75, 3.05) is 4.90 Å². The third-order valence-corrected chi connectivity index (χ3v) is 2.40. The van der Waals surface area contributed by atoms with E-state index in [1.165, 1.54) is 6.92 Å². The quantitative estimate of drug-likeness (QED) is 0.849. The Morgan fingerprint density at radius 3 is 1.88 bits per heavy atom. The molecule has 0 heterocycles. The minimum absolute atomic E-state index is 0.0377. The predicted octanol–water partition coefficient (Wildman–Crippen LogP) is 1.94. The summed E-state index contributed by atoms with van der Waals surface area (Å²) in [5, 5.41) is 0. The van der Waals surface area contributed by atoms with Gasteiger partial charge in [0.15, 0.2) is 0 Å². The van der Waals surface area contributed by atoms with Crippen molar-refractivity contribution >= 4 is 17.5 Å². The number of nitrogens with zero attached hydrogens (tertiary/aromatic N) is 1. The second kappa shape index (κ2) is 4.57. The number of anilines is 1. The molecule has 1 rings (SSSR count). The van der Waals surface area contributed by atoms with E-state index in [1.54, 1.807) is 29.2 Å². The van der Waals surface area contributed by atoms with Gasteiger partial charge in [0.25, 0.3) is 0 Å². The Bertz CT molecular complexity index is 430. The fourth-order valence-electron chi connectivity index (χ4n) is 1.82. The molecule has 17 heavy (non-hydrogen) atoms. The maximum Gasteiger partial charge on any atom is 0.248 e. The predicted molar refractivity (Wildman–Crippen MR) is 67.9 cm³/mol. The van der Waals surface area contributed by atoms with Crippen LogP contribution in [0.15, 0.2) is 24.3 Å². The summed E-state index contributed by atoms with van der Waals surface area (Å²) in [6.45, 7) is 7.39. The fraction of sp³-hybridized carbons (Fsp3) is 0.385. The number of nitrogens with two attached hydrogens (primary N) is 1. The van der Waals surface area contributed by atoms with Gasteiger partial charge in [-0.25, -0.2) is 0 Å². The van der Waals surface area contributed by atoms with Gasteiger partial charge in [-0.1, -0.05) is 0 Å². The molecule has 0 radical (unpaired) electrons. The standard InChI is InChI=1S/C13H18N2O2/c1-9(16)15(13(2,3)4)11-7-5-10(6-8-11)12(14)17/h5-8H,1-4H3,(H2,14,17). The van der Waals surface area contributed by atoms with Crippen molar-refractivity contribution in [2.45, 2.75) is 33.2 Å². The largest absolute Gasteiger partial charge is 0.366 e. The molecule has 0 aliphatic carbocycles. The molecule has 92 valence electrons. The van der Waals surface area contributed by atoms with Gasteiger partial charge in [-0.15, -0.1) is 0 Å². The second-order valence-electron chi connectivity index (χ2n) is 4.94. The molecule has 4 heteroatoms. The molecule has 0 aliphatic heterocycles. The molecular formula is C13H18N2O2. The molecule has 0 aliphatic rings. The lowest BCUT2D eigenvalue weighted by Crippen LogP contribution is -2.44. The average molecular weight is 234 g/mol. The van der Waals surface area contributed by atoms with Crippen molar-refractivity contribution in [1.29, 1.82) is 0 Å². The third-order valence-electron chi connectivity index (χ3n) is 2.40. The Balaban J connectivity index is 3.13. The van der Waals surface area contributed by atoms with Crippen molar-refractivity contribution in [3.05, 3.63) is 29.8 Å². The number of hydrogen-bond donors (Lipinski definition) is 1. The van der Waals surface area contributed by atoms with Gasteiger partial charge in [0.1, 0.15) is 0 Å². The Kier molecular flexibility index (Phi) is 3.56. The lowest BCUT2D eigenvalue weighted by Gasteiger charge is -2.35. The minimum atomic E-state index is -0.471. The van der Waals surface area contributed by atoms with Crippen LogP contribution in [0, 0.1) is 0 Å². The average Bonchev–Trinajstić information content (AvgIpc) is 2.15. The molecule has 0 aromatic heterocycles. The molecule has 0 unspecified atom stereocenters. The van der Waals surface area contributed by atoms with Crippen molar-refractivity contribution in [3.8, 4) is 0 Å². The zero-order valence-electron chi connectivity index (χ0n) is 10.7. The Labute approximate surface area is 101 Å². The molecule has 2 amide bonds. The van der Waals surface area contributed by atoms with E-state index in [9.17, 15) is 9.59 Å². The first-order valence-electron chi connectivity index (χ1n) is 5.44. The Morgan fingerprint density at radius 1 is 1.12 bits per heavy atom. The zero-order valence-corrected chi connectivity index (χ0v) is 10.7.